The fourth-order valence-corrected chi connectivity index (χ4v) is 1.69. The average Bonchev–Trinajstić information content (AvgIpc) is 2.15. The van der Waals surface area contributed by atoms with E-state index in [4.69, 9.17) is 0 Å². The van der Waals surface area contributed by atoms with Crippen molar-refractivity contribution in [3.63, 3.8) is 0 Å². The summed E-state index contributed by atoms with van der Waals surface area (Å²) in [6.45, 7) is 8.96. The van der Waals surface area contributed by atoms with Gasteiger partial charge in [0.15, 0.2) is 0 Å². The van der Waals surface area contributed by atoms with Crippen molar-refractivity contribution in [2.75, 3.05) is 6.54 Å². The number of halogens is 2. The molecule has 0 bridgehead atoms. The Kier molecular flexibility index (Phi) is 4.63. The third kappa shape index (κ3) is 4.43. The van der Waals surface area contributed by atoms with Crippen LogP contribution < -0.4 is 5.32 Å². The topological polar surface area (TPSA) is 12.0 Å². The van der Waals surface area contributed by atoms with Gasteiger partial charge in [0.25, 0.3) is 0 Å². The molecule has 1 nitrogen and oxygen atoms in total. The fraction of sp³-hybridized carbons (Fsp3) is 0.571. The molecule has 1 atom stereocenters. The zero-order valence-corrected chi connectivity index (χ0v) is 11.0. The number of hydrogen-bond donors (Lipinski definition) is 1. The highest BCUT2D eigenvalue weighted by Gasteiger charge is 2.16. The van der Waals surface area contributed by atoms with Crippen LogP contribution in [0.25, 0.3) is 0 Å². The lowest BCUT2D eigenvalue weighted by molar-refractivity contribution is 0.354. The van der Waals surface area contributed by atoms with Gasteiger partial charge in [-0.3, -0.25) is 0 Å². The predicted molar refractivity (Wildman–Crippen MR) is 66.8 cm³/mol. The van der Waals surface area contributed by atoms with E-state index in [1.807, 2.05) is 0 Å². The Bertz CT molecular complexity index is 349. The molecule has 1 aromatic carbocycles. The van der Waals surface area contributed by atoms with Gasteiger partial charge in [0.1, 0.15) is 11.6 Å². The summed E-state index contributed by atoms with van der Waals surface area (Å²) in [5.74, 6) is -0.971. The Morgan fingerprint density at radius 2 is 1.71 bits per heavy atom. The Balaban J connectivity index is 2.61. The molecule has 0 aliphatic rings. The van der Waals surface area contributed by atoms with Gasteiger partial charge in [0.2, 0.25) is 0 Å². The summed E-state index contributed by atoms with van der Waals surface area (Å²) in [5.41, 5.74) is 0.349. The largest absolute Gasteiger partial charge is 0.310 e. The molecular weight excluding hydrogens is 220 g/mol. The predicted octanol–water partition coefficient (Wildman–Crippen LogP) is 4.05. The van der Waals surface area contributed by atoms with Gasteiger partial charge in [-0.15, -0.1) is 0 Å². The first-order valence-electron chi connectivity index (χ1n) is 5.98. The molecule has 0 heterocycles. The van der Waals surface area contributed by atoms with Gasteiger partial charge >= 0.3 is 0 Å². The highest BCUT2D eigenvalue weighted by molar-refractivity contribution is 5.22. The molecule has 1 rings (SSSR count). The van der Waals surface area contributed by atoms with Gasteiger partial charge in [0.05, 0.1) is 0 Å². The van der Waals surface area contributed by atoms with E-state index in [1.165, 1.54) is 18.2 Å². The number of hydrogen-bond acceptors (Lipinski definition) is 1. The molecule has 0 saturated carbocycles. The maximum Gasteiger partial charge on any atom is 0.130 e. The van der Waals surface area contributed by atoms with Crippen LogP contribution in [-0.2, 0) is 0 Å². The van der Waals surface area contributed by atoms with Crippen LogP contribution in [0.1, 0.15) is 45.7 Å². The van der Waals surface area contributed by atoms with E-state index in [2.05, 4.69) is 26.1 Å². The van der Waals surface area contributed by atoms with E-state index in [1.54, 1.807) is 6.92 Å². The molecule has 96 valence electrons. The van der Waals surface area contributed by atoms with E-state index in [-0.39, 0.29) is 17.0 Å². The Hall–Kier alpha value is -0.960. The Morgan fingerprint density at radius 3 is 2.18 bits per heavy atom. The second-order valence-electron chi connectivity index (χ2n) is 5.62. The lowest BCUT2D eigenvalue weighted by Crippen LogP contribution is -2.25. The van der Waals surface area contributed by atoms with Crippen LogP contribution in [0.3, 0.4) is 0 Å². The summed E-state index contributed by atoms with van der Waals surface area (Å²) in [6, 6.07) is 3.66. The van der Waals surface area contributed by atoms with E-state index in [0.29, 0.717) is 0 Å². The third-order valence-electron chi connectivity index (χ3n) is 2.76. The van der Waals surface area contributed by atoms with Crippen molar-refractivity contribution in [2.45, 2.75) is 40.2 Å². The van der Waals surface area contributed by atoms with Crippen molar-refractivity contribution < 1.29 is 8.78 Å². The van der Waals surface area contributed by atoms with Crippen molar-refractivity contribution in [1.29, 1.82) is 0 Å². The molecule has 0 spiro atoms. The van der Waals surface area contributed by atoms with Crippen molar-refractivity contribution in [3.8, 4) is 0 Å². The fourth-order valence-electron chi connectivity index (χ4n) is 1.69. The van der Waals surface area contributed by atoms with Crippen LogP contribution >= 0.6 is 0 Å². The van der Waals surface area contributed by atoms with Gasteiger partial charge in [-0.2, -0.15) is 0 Å². The minimum Gasteiger partial charge on any atom is -0.310 e. The molecule has 0 fully saturated rings. The molecule has 0 aromatic heterocycles. The first-order chi connectivity index (χ1) is 7.81. The summed E-state index contributed by atoms with van der Waals surface area (Å²) < 4.78 is 27.0. The zero-order chi connectivity index (χ0) is 13.1. The van der Waals surface area contributed by atoms with Crippen molar-refractivity contribution in [2.24, 2.45) is 5.41 Å². The molecule has 3 heteroatoms. The smallest absolute Gasteiger partial charge is 0.130 e. The van der Waals surface area contributed by atoms with Gasteiger partial charge in [-0.1, -0.05) is 26.8 Å². The molecular formula is C14H21F2N. The second kappa shape index (κ2) is 5.58. The minimum atomic E-state index is -0.485. The minimum absolute atomic E-state index is 0.126. The molecule has 17 heavy (non-hydrogen) atoms. The second-order valence-corrected chi connectivity index (χ2v) is 5.62. The van der Waals surface area contributed by atoms with E-state index >= 15 is 0 Å². The van der Waals surface area contributed by atoms with Gasteiger partial charge in [-0.25, -0.2) is 8.78 Å². The van der Waals surface area contributed by atoms with E-state index in [9.17, 15) is 8.78 Å². The third-order valence-corrected chi connectivity index (χ3v) is 2.76. The molecule has 0 saturated heterocycles. The van der Waals surface area contributed by atoms with Crippen molar-refractivity contribution >= 4 is 0 Å². The zero-order valence-electron chi connectivity index (χ0n) is 11.0. The highest BCUT2D eigenvalue weighted by atomic mass is 19.1. The maximum atomic E-state index is 13.5. The molecule has 0 aliphatic heterocycles. The summed E-state index contributed by atoms with van der Waals surface area (Å²) in [6.07, 6.45) is 0.966. The lowest BCUT2D eigenvalue weighted by Gasteiger charge is -2.21. The van der Waals surface area contributed by atoms with E-state index < -0.39 is 11.6 Å². The summed E-state index contributed by atoms with van der Waals surface area (Å²) >= 11 is 0. The van der Waals surface area contributed by atoms with Crippen LogP contribution in [0, 0.1) is 17.0 Å². The summed E-state index contributed by atoms with van der Waals surface area (Å²) in [5, 5.41) is 3.16. The van der Waals surface area contributed by atoms with Crippen LogP contribution in [0.2, 0.25) is 0 Å². The molecule has 0 aliphatic carbocycles. The highest BCUT2D eigenvalue weighted by Crippen LogP contribution is 2.22. The van der Waals surface area contributed by atoms with E-state index in [0.717, 1.165) is 13.0 Å². The monoisotopic (exact) mass is 241 g/mol. The standard InChI is InChI=1S/C14H21F2N/c1-10(17-9-8-14(2,3)4)13-11(15)6-5-7-12(13)16/h5-7,10,17H,8-9H2,1-4H3. The molecule has 1 N–H and O–H groups in total. The summed E-state index contributed by atoms with van der Waals surface area (Å²) in [7, 11) is 0. The Morgan fingerprint density at radius 1 is 1.18 bits per heavy atom. The van der Waals surface area contributed by atoms with Crippen molar-refractivity contribution in [1.82, 2.24) is 5.32 Å². The van der Waals surface area contributed by atoms with Gasteiger partial charge in [0, 0.05) is 11.6 Å². The van der Waals surface area contributed by atoms with Crippen LogP contribution in [0.4, 0.5) is 8.78 Å². The average molecular weight is 241 g/mol. The SMILES string of the molecule is CC(NCCC(C)(C)C)c1c(F)cccc1F. The molecule has 1 aromatic rings. The normalized spacial score (nSPS) is 13.8. The summed E-state index contributed by atoms with van der Waals surface area (Å²) in [4.78, 5) is 0. The maximum absolute atomic E-state index is 13.5. The van der Waals surface area contributed by atoms with Gasteiger partial charge in [-0.05, 0) is 37.4 Å². The number of rotatable bonds is 4. The van der Waals surface area contributed by atoms with Crippen molar-refractivity contribution in [3.05, 3.63) is 35.4 Å². The molecule has 0 radical (unpaired) electrons. The van der Waals surface area contributed by atoms with Crippen LogP contribution in [0.15, 0.2) is 18.2 Å². The van der Waals surface area contributed by atoms with Crippen LogP contribution in [0.5, 0.6) is 0 Å². The first kappa shape index (κ1) is 14.1. The van der Waals surface area contributed by atoms with Crippen LogP contribution in [-0.4, -0.2) is 6.54 Å². The Labute approximate surface area is 102 Å². The molecule has 1 unspecified atom stereocenters. The van der Waals surface area contributed by atoms with Gasteiger partial charge < -0.3 is 5.32 Å². The number of benzene rings is 1. The number of nitrogens with one attached hydrogen (secondary N) is 1. The molecule has 0 amide bonds. The quantitative estimate of drug-likeness (QED) is 0.838. The lowest BCUT2D eigenvalue weighted by atomic mass is 9.92. The first-order valence-corrected chi connectivity index (χ1v) is 5.98.